The molecule has 1 aromatic carbocycles. The van der Waals surface area contributed by atoms with E-state index in [-0.39, 0.29) is 11.3 Å². The molecular weight excluding hydrogens is 276 g/mol. The first-order valence-corrected chi connectivity index (χ1v) is 6.65. The largest absolute Gasteiger partial charge is 0.480 e. The maximum absolute atomic E-state index is 11.7. The molecule has 1 amide bonds. The van der Waals surface area contributed by atoms with Crippen LogP contribution in [0.1, 0.15) is 10.4 Å². The SMILES string of the molecule is Nc1ccccc1C(=O)N[C@@H](CS(=O)(=O)O)C(=O)O. The Morgan fingerprint density at radius 2 is 1.89 bits per heavy atom. The van der Waals surface area contributed by atoms with Gasteiger partial charge in [0.05, 0.1) is 5.56 Å². The Morgan fingerprint density at radius 1 is 1.32 bits per heavy atom. The summed E-state index contributed by atoms with van der Waals surface area (Å²) in [6.07, 6.45) is 0. The van der Waals surface area contributed by atoms with E-state index in [1.807, 2.05) is 5.32 Å². The Kier molecular flexibility index (Phi) is 4.46. The summed E-state index contributed by atoms with van der Waals surface area (Å²) in [7, 11) is -4.53. The summed E-state index contributed by atoms with van der Waals surface area (Å²) in [5, 5.41) is 10.8. The molecule has 9 heteroatoms. The standard InChI is InChI=1S/C10H12N2O6S/c11-7-4-2-1-3-6(7)9(13)12-8(10(14)15)5-19(16,17)18/h1-4,8H,5,11H2,(H,12,13)(H,14,15)(H,16,17,18)/t8-/m0/s1. The lowest BCUT2D eigenvalue weighted by atomic mass is 10.1. The number of carboxylic acids is 1. The number of nitrogens with two attached hydrogens (primary N) is 1. The second kappa shape index (κ2) is 5.67. The smallest absolute Gasteiger partial charge is 0.327 e. The summed E-state index contributed by atoms with van der Waals surface area (Å²) in [5.74, 6) is -3.55. The van der Waals surface area contributed by atoms with Crippen LogP contribution in [0, 0.1) is 0 Å². The fourth-order valence-corrected chi connectivity index (χ4v) is 1.97. The molecule has 0 aliphatic heterocycles. The van der Waals surface area contributed by atoms with Crippen molar-refractivity contribution < 1.29 is 27.7 Å². The normalized spacial score (nSPS) is 12.7. The number of rotatable bonds is 5. The number of carbonyl (C=O) groups excluding carboxylic acids is 1. The first-order chi connectivity index (χ1) is 8.70. The second-order valence-electron chi connectivity index (χ2n) is 3.70. The lowest BCUT2D eigenvalue weighted by molar-refractivity contribution is -0.138. The number of carbonyl (C=O) groups is 2. The van der Waals surface area contributed by atoms with E-state index in [0.717, 1.165) is 0 Å². The van der Waals surface area contributed by atoms with Crippen LogP contribution in [0.25, 0.3) is 0 Å². The van der Waals surface area contributed by atoms with Gasteiger partial charge in [-0.1, -0.05) is 12.1 Å². The highest BCUT2D eigenvalue weighted by Crippen LogP contribution is 2.10. The van der Waals surface area contributed by atoms with E-state index in [2.05, 4.69) is 0 Å². The Labute approximate surface area is 109 Å². The molecule has 0 fully saturated rings. The van der Waals surface area contributed by atoms with Crippen LogP contribution in [0.2, 0.25) is 0 Å². The minimum absolute atomic E-state index is 0.0177. The lowest BCUT2D eigenvalue weighted by Gasteiger charge is -2.13. The van der Waals surface area contributed by atoms with Gasteiger partial charge in [0.1, 0.15) is 11.8 Å². The Bertz CT molecular complexity index is 598. The van der Waals surface area contributed by atoms with Crippen LogP contribution in [0.4, 0.5) is 5.69 Å². The van der Waals surface area contributed by atoms with Crippen molar-refractivity contribution >= 4 is 27.7 Å². The topological polar surface area (TPSA) is 147 Å². The maximum atomic E-state index is 11.7. The van der Waals surface area contributed by atoms with Crippen molar-refractivity contribution in [1.82, 2.24) is 5.32 Å². The fourth-order valence-electron chi connectivity index (χ4n) is 1.33. The van der Waals surface area contributed by atoms with Gasteiger partial charge in [0.15, 0.2) is 0 Å². The van der Waals surface area contributed by atoms with Gasteiger partial charge in [-0.3, -0.25) is 9.35 Å². The Morgan fingerprint density at radius 3 is 2.37 bits per heavy atom. The van der Waals surface area contributed by atoms with Crippen molar-refractivity contribution in [3.8, 4) is 0 Å². The van der Waals surface area contributed by atoms with Crippen LogP contribution >= 0.6 is 0 Å². The zero-order valence-corrected chi connectivity index (χ0v) is 10.4. The molecular formula is C10H12N2O6S. The minimum atomic E-state index is -4.53. The van der Waals surface area contributed by atoms with Gasteiger partial charge in [-0.2, -0.15) is 8.42 Å². The quantitative estimate of drug-likeness (QED) is 0.415. The van der Waals surface area contributed by atoms with Crippen molar-refractivity contribution in [3.63, 3.8) is 0 Å². The fraction of sp³-hybridized carbons (Fsp3) is 0.200. The number of para-hydroxylation sites is 1. The first-order valence-electron chi connectivity index (χ1n) is 5.04. The molecule has 8 nitrogen and oxygen atoms in total. The molecule has 0 bridgehead atoms. The highest BCUT2D eigenvalue weighted by atomic mass is 32.2. The van der Waals surface area contributed by atoms with E-state index in [1.54, 1.807) is 6.07 Å². The number of hydrogen-bond acceptors (Lipinski definition) is 5. The molecule has 0 spiro atoms. The third kappa shape index (κ3) is 4.56. The molecule has 1 atom stereocenters. The average molecular weight is 288 g/mol. The minimum Gasteiger partial charge on any atom is -0.480 e. The number of aliphatic carboxylic acids is 1. The number of nitrogen functional groups attached to an aromatic ring is 1. The predicted molar refractivity (Wildman–Crippen MR) is 66.2 cm³/mol. The maximum Gasteiger partial charge on any atom is 0.327 e. The van der Waals surface area contributed by atoms with Crippen LogP contribution < -0.4 is 11.1 Å². The Hall–Kier alpha value is -2.13. The van der Waals surface area contributed by atoms with Gasteiger partial charge in [0.2, 0.25) is 0 Å². The molecule has 5 N–H and O–H groups in total. The number of amides is 1. The van der Waals surface area contributed by atoms with E-state index >= 15 is 0 Å². The lowest BCUT2D eigenvalue weighted by Crippen LogP contribution is -2.45. The van der Waals surface area contributed by atoms with E-state index in [0.29, 0.717) is 0 Å². The summed E-state index contributed by atoms with van der Waals surface area (Å²) in [6, 6.07) is 4.13. The van der Waals surface area contributed by atoms with Gasteiger partial charge < -0.3 is 16.2 Å². The Balaban J connectivity index is 2.89. The van der Waals surface area contributed by atoms with Gasteiger partial charge in [0.25, 0.3) is 16.0 Å². The van der Waals surface area contributed by atoms with Crippen molar-refractivity contribution in [1.29, 1.82) is 0 Å². The van der Waals surface area contributed by atoms with Gasteiger partial charge in [-0.05, 0) is 12.1 Å². The molecule has 104 valence electrons. The van der Waals surface area contributed by atoms with E-state index < -0.39 is 33.8 Å². The van der Waals surface area contributed by atoms with E-state index in [1.165, 1.54) is 18.2 Å². The molecule has 0 aliphatic carbocycles. The molecule has 0 unspecified atom stereocenters. The van der Waals surface area contributed by atoms with Crippen molar-refractivity contribution in [2.24, 2.45) is 0 Å². The molecule has 1 rings (SSSR count). The van der Waals surface area contributed by atoms with Crippen LogP contribution in [-0.4, -0.2) is 41.7 Å². The van der Waals surface area contributed by atoms with Crippen LogP contribution in [-0.2, 0) is 14.9 Å². The number of nitrogens with one attached hydrogen (secondary N) is 1. The number of carboxylic acid groups (broad SMARTS) is 1. The van der Waals surface area contributed by atoms with Crippen LogP contribution in [0.15, 0.2) is 24.3 Å². The van der Waals surface area contributed by atoms with Gasteiger partial charge in [-0.15, -0.1) is 0 Å². The van der Waals surface area contributed by atoms with Gasteiger partial charge in [0, 0.05) is 5.69 Å². The molecule has 0 aliphatic rings. The predicted octanol–water partition coefficient (Wildman–Crippen LogP) is -0.660. The van der Waals surface area contributed by atoms with Gasteiger partial charge >= 0.3 is 5.97 Å². The highest BCUT2D eigenvalue weighted by Gasteiger charge is 2.26. The third-order valence-electron chi connectivity index (χ3n) is 2.19. The molecule has 19 heavy (non-hydrogen) atoms. The summed E-state index contributed by atoms with van der Waals surface area (Å²) in [4.78, 5) is 22.5. The number of anilines is 1. The molecule has 0 saturated carbocycles. The van der Waals surface area contributed by atoms with Crippen LogP contribution in [0.3, 0.4) is 0 Å². The number of hydrogen-bond donors (Lipinski definition) is 4. The molecule has 0 saturated heterocycles. The zero-order chi connectivity index (χ0) is 14.6. The van der Waals surface area contributed by atoms with Crippen LogP contribution in [0.5, 0.6) is 0 Å². The van der Waals surface area contributed by atoms with Gasteiger partial charge in [-0.25, -0.2) is 4.79 Å². The van der Waals surface area contributed by atoms with Crippen molar-refractivity contribution in [2.45, 2.75) is 6.04 Å². The molecule has 0 aromatic heterocycles. The third-order valence-corrected chi connectivity index (χ3v) is 2.94. The average Bonchev–Trinajstić information content (AvgIpc) is 2.26. The van der Waals surface area contributed by atoms with E-state index in [4.69, 9.17) is 15.4 Å². The summed E-state index contributed by atoms with van der Waals surface area (Å²) < 4.78 is 29.9. The molecule has 0 heterocycles. The van der Waals surface area contributed by atoms with E-state index in [9.17, 15) is 18.0 Å². The molecule has 1 aromatic rings. The first kappa shape index (κ1) is 14.9. The summed E-state index contributed by atoms with van der Waals surface area (Å²) in [5.41, 5.74) is 5.66. The highest BCUT2D eigenvalue weighted by molar-refractivity contribution is 7.85. The number of benzene rings is 1. The second-order valence-corrected chi connectivity index (χ2v) is 5.20. The summed E-state index contributed by atoms with van der Waals surface area (Å²) >= 11 is 0. The molecule has 0 radical (unpaired) electrons. The summed E-state index contributed by atoms with van der Waals surface area (Å²) in [6.45, 7) is 0. The van der Waals surface area contributed by atoms with Crippen molar-refractivity contribution in [3.05, 3.63) is 29.8 Å². The monoisotopic (exact) mass is 288 g/mol. The van der Waals surface area contributed by atoms with Crippen molar-refractivity contribution in [2.75, 3.05) is 11.5 Å². The zero-order valence-electron chi connectivity index (χ0n) is 9.61.